The summed E-state index contributed by atoms with van der Waals surface area (Å²) in [6.07, 6.45) is 2.37. The lowest BCUT2D eigenvalue weighted by molar-refractivity contribution is -0.385. The number of carbonyl (C=O) groups excluding carboxylic acids is 1. The van der Waals surface area contributed by atoms with Gasteiger partial charge in [0.25, 0.3) is 11.6 Å². The Balaban J connectivity index is 1.92. The van der Waals surface area contributed by atoms with E-state index >= 15 is 0 Å². The van der Waals surface area contributed by atoms with Crippen LogP contribution in [0.5, 0.6) is 0 Å². The standard InChI is InChI=1S/C17H15ClN2O5S/c1-26(24,25)14-8-11(7-13(9-14)20(22)23)17(21)19-16-5-2-10-6-12(18)3-4-15(10)16/h3-4,6-9,16H,2,5H2,1H3,(H,19,21). The van der Waals surface area contributed by atoms with E-state index in [9.17, 15) is 23.3 Å². The summed E-state index contributed by atoms with van der Waals surface area (Å²) in [5.41, 5.74) is 1.47. The zero-order chi connectivity index (χ0) is 19.1. The smallest absolute Gasteiger partial charge is 0.271 e. The molecule has 0 bridgehead atoms. The molecule has 9 heteroatoms. The van der Waals surface area contributed by atoms with Gasteiger partial charge >= 0.3 is 0 Å². The van der Waals surface area contributed by atoms with Gasteiger partial charge in [0, 0.05) is 29.0 Å². The minimum absolute atomic E-state index is 0.0676. The third kappa shape index (κ3) is 3.71. The van der Waals surface area contributed by atoms with Crippen LogP contribution in [0.2, 0.25) is 5.02 Å². The van der Waals surface area contributed by atoms with Crippen LogP contribution in [0.1, 0.15) is 33.9 Å². The van der Waals surface area contributed by atoms with Gasteiger partial charge in [0.1, 0.15) is 0 Å². The van der Waals surface area contributed by atoms with Crippen LogP contribution in [-0.4, -0.2) is 25.5 Å². The predicted molar refractivity (Wildman–Crippen MR) is 96.2 cm³/mol. The Morgan fingerprint density at radius 2 is 2.00 bits per heavy atom. The largest absolute Gasteiger partial charge is 0.345 e. The highest BCUT2D eigenvalue weighted by Gasteiger charge is 2.26. The van der Waals surface area contributed by atoms with Crippen LogP contribution in [0.3, 0.4) is 0 Å². The molecule has 1 aliphatic rings. The number of nitrogens with one attached hydrogen (secondary N) is 1. The molecule has 0 saturated carbocycles. The summed E-state index contributed by atoms with van der Waals surface area (Å²) in [6.45, 7) is 0. The molecule has 2 aromatic rings. The van der Waals surface area contributed by atoms with Gasteiger partial charge in [-0.25, -0.2) is 8.42 Å². The first-order valence-corrected chi connectivity index (χ1v) is 10.0. The molecule has 1 N–H and O–H groups in total. The van der Waals surface area contributed by atoms with E-state index < -0.39 is 26.4 Å². The minimum Gasteiger partial charge on any atom is -0.345 e. The highest BCUT2D eigenvalue weighted by atomic mass is 35.5. The number of benzene rings is 2. The summed E-state index contributed by atoms with van der Waals surface area (Å²) >= 11 is 5.97. The van der Waals surface area contributed by atoms with Crippen LogP contribution in [0.25, 0.3) is 0 Å². The average Bonchev–Trinajstić information content (AvgIpc) is 2.95. The fourth-order valence-electron chi connectivity index (χ4n) is 3.01. The van der Waals surface area contributed by atoms with E-state index in [0.29, 0.717) is 11.4 Å². The minimum atomic E-state index is -3.69. The number of rotatable bonds is 4. The molecule has 1 aliphatic carbocycles. The Hall–Kier alpha value is -2.45. The molecule has 26 heavy (non-hydrogen) atoms. The second-order valence-electron chi connectivity index (χ2n) is 6.15. The summed E-state index contributed by atoms with van der Waals surface area (Å²) in [7, 11) is -3.69. The van der Waals surface area contributed by atoms with Gasteiger partial charge < -0.3 is 5.32 Å². The Labute approximate surface area is 155 Å². The van der Waals surface area contributed by atoms with E-state index in [1.807, 2.05) is 12.1 Å². The maximum Gasteiger partial charge on any atom is 0.271 e. The molecule has 2 aromatic carbocycles. The first-order valence-electron chi connectivity index (χ1n) is 7.74. The zero-order valence-corrected chi connectivity index (χ0v) is 15.3. The summed E-state index contributed by atoms with van der Waals surface area (Å²) in [5.74, 6) is -0.564. The summed E-state index contributed by atoms with van der Waals surface area (Å²) in [5, 5.41) is 14.5. The van der Waals surface area contributed by atoms with Crippen LogP contribution in [0.15, 0.2) is 41.3 Å². The van der Waals surface area contributed by atoms with Crippen molar-refractivity contribution in [1.82, 2.24) is 5.32 Å². The van der Waals surface area contributed by atoms with Gasteiger partial charge in [-0.05, 0) is 42.2 Å². The Morgan fingerprint density at radius 1 is 1.27 bits per heavy atom. The van der Waals surface area contributed by atoms with Crippen molar-refractivity contribution in [3.05, 3.63) is 68.2 Å². The molecule has 0 aliphatic heterocycles. The lowest BCUT2D eigenvalue weighted by Crippen LogP contribution is -2.27. The summed E-state index contributed by atoms with van der Waals surface area (Å²) in [6, 6.07) is 8.33. The van der Waals surface area contributed by atoms with Crippen molar-refractivity contribution in [1.29, 1.82) is 0 Å². The third-order valence-electron chi connectivity index (χ3n) is 4.28. The normalized spacial score (nSPS) is 16.2. The number of nitro groups is 1. The molecule has 0 fully saturated rings. The molecule has 0 radical (unpaired) electrons. The molecule has 7 nitrogen and oxygen atoms in total. The van der Waals surface area contributed by atoms with Crippen molar-refractivity contribution in [2.75, 3.05) is 6.26 Å². The molecule has 0 spiro atoms. The van der Waals surface area contributed by atoms with Gasteiger partial charge in [-0.3, -0.25) is 14.9 Å². The average molecular weight is 395 g/mol. The van der Waals surface area contributed by atoms with Crippen LogP contribution in [-0.2, 0) is 16.3 Å². The molecule has 0 saturated heterocycles. The van der Waals surface area contributed by atoms with Crippen LogP contribution in [0, 0.1) is 10.1 Å². The van der Waals surface area contributed by atoms with Crippen molar-refractivity contribution in [2.24, 2.45) is 0 Å². The molecule has 136 valence electrons. The van der Waals surface area contributed by atoms with E-state index in [-0.39, 0.29) is 16.5 Å². The lowest BCUT2D eigenvalue weighted by Gasteiger charge is -2.14. The molecule has 0 aromatic heterocycles. The molecule has 1 amide bonds. The number of fused-ring (bicyclic) bond motifs is 1. The summed E-state index contributed by atoms with van der Waals surface area (Å²) < 4.78 is 23.5. The van der Waals surface area contributed by atoms with Gasteiger partial charge in [0.2, 0.25) is 0 Å². The lowest BCUT2D eigenvalue weighted by atomic mass is 10.1. The number of non-ortho nitro benzene ring substituents is 1. The Morgan fingerprint density at radius 3 is 2.65 bits per heavy atom. The van der Waals surface area contributed by atoms with Gasteiger partial charge in [-0.2, -0.15) is 0 Å². The zero-order valence-electron chi connectivity index (χ0n) is 13.7. The number of halogens is 1. The molecular weight excluding hydrogens is 380 g/mol. The van der Waals surface area contributed by atoms with Gasteiger partial charge in [0.05, 0.1) is 15.9 Å². The van der Waals surface area contributed by atoms with Crippen molar-refractivity contribution >= 4 is 33.0 Å². The Bertz CT molecular complexity index is 1020. The third-order valence-corrected chi connectivity index (χ3v) is 5.61. The second-order valence-corrected chi connectivity index (χ2v) is 8.60. The molecule has 0 heterocycles. The van der Waals surface area contributed by atoms with Crippen molar-refractivity contribution < 1.29 is 18.1 Å². The number of hydrogen-bond donors (Lipinski definition) is 1. The van der Waals surface area contributed by atoms with Crippen LogP contribution in [0.4, 0.5) is 5.69 Å². The topological polar surface area (TPSA) is 106 Å². The van der Waals surface area contributed by atoms with Gasteiger partial charge in [-0.1, -0.05) is 17.7 Å². The first-order chi connectivity index (χ1) is 12.1. The number of nitro benzene ring substituents is 1. The van der Waals surface area contributed by atoms with Crippen LogP contribution >= 0.6 is 11.6 Å². The van der Waals surface area contributed by atoms with E-state index in [1.165, 1.54) is 0 Å². The first kappa shape index (κ1) is 18.3. The van der Waals surface area contributed by atoms with E-state index in [0.717, 1.165) is 42.0 Å². The number of aryl methyl sites for hydroxylation is 1. The fourth-order valence-corrected chi connectivity index (χ4v) is 3.88. The number of carbonyl (C=O) groups is 1. The Kier molecular flexibility index (Phi) is 4.72. The maximum absolute atomic E-state index is 12.6. The number of amides is 1. The molecule has 1 unspecified atom stereocenters. The number of sulfone groups is 1. The number of nitrogens with zero attached hydrogens (tertiary/aromatic N) is 1. The van der Waals surface area contributed by atoms with Crippen molar-refractivity contribution in [2.45, 2.75) is 23.8 Å². The number of hydrogen-bond acceptors (Lipinski definition) is 5. The van der Waals surface area contributed by atoms with Crippen molar-refractivity contribution in [3.63, 3.8) is 0 Å². The predicted octanol–water partition coefficient (Wildman–Crippen LogP) is 3.07. The summed E-state index contributed by atoms with van der Waals surface area (Å²) in [4.78, 5) is 22.6. The fraction of sp³-hybridized carbons (Fsp3) is 0.235. The highest BCUT2D eigenvalue weighted by molar-refractivity contribution is 7.90. The maximum atomic E-state index is 12.6. The van der Waals surface area contributed by atoms with Gasteiger partial charge in [0.15, 0.2) is 9.84 Å². The quantitative estimate of drug-likeness (QED) is 0.633. The highest BCUT2D eigenvalue weighted by Crippen LogP contribution is 2.33. The van der Waals surface area contributed by atoms with E-state index in [2.05, 4.69) is 5.32 Å². The SMILES string of the molecule is CS(=O)(=O)c1cc(C(=O)NC2CCc3cc(Cl)ccc32)cc([N+](=O)[O-])c1. The monoisotopic (exact) mass is 394 g/mol. The van der Waals surface area contributed by atoms with Gasteiger partial charge in [-0.15, -0.1) is 0 Å². The van der Waals surface area contributed by atoms with Crippen LogP contribution < -0.4 is 5.32 Å². The van der Waals surface area contributed by atoms with Crippen molar-refractivity contribution in [3.8, 4) is 0 Å². The van der Waals surface area contributed by atoms with E-state index in [4.69, 9.17) is 11.6 Å². The molecule has 3 rings (SSSR count). The molecule has 1 atom stereocenters. The second kappa shape index (κ2) is 6.69. The van der Waals surface area contributed by atoms with E-state index in [1.54, 1.807) is 6.07 Å². The molecular formula is C17H15ClN2O5S.